The van der Waals surface area contributed by atoms with Crippen LogP contribution in [0.25, 0.3) is 10.2 Å². The van der Waals surface area contributed by atoms with Gasteiger partial charge in [0.15, 0.2) is 0 Å². The van der Waals surface area contributed by atoms with Gasteiger partial charge in [-0.25, -0.2) is 4.98 Å². The van der Waals surface area contributed by atoms with E-state index in [2.05, 4.69) is 10.3 Å². The average Bonchev–Trinajstić information content (AvgIpc) is 2.84. The number of alkyl halides is 1. The molecule has 1 saturated heterocycles. The van der Waals surface area contributed by atoms with Crippen LogP contribution < -0.4 is 5.32 Å². The summed E-state index contributed by atoms with van der Waals surface area (Å²) in [6, 6.07) is 5.49. The molecule has 1 aliphatic heterocycles. The Labute approximate surface area is 106 Å². The minimum absolute atomic E-state index is 0.334. The number of thiazole rings is 1. The standard InChI is InChI=1S/C11H7ClN2O2S/c12-9-8(10(15)14-11(9)16)5-1-2-6-7(3-5)17-4-13-6/h1-4,8-9H,(H,14,15,16). The number of benzene rings is 1. The quantitative estimate of drug-likeness (QED) is 0.631. The fourth-order valence-corrected chi connectivity index (χ4v) is 2.98. The number of imide groups is 1. The molecule has 2 unspecified atom stereocenters. The van der Waals surface area contributed by atoms with Crippen molar-refractivity contribution in [2.45, 2.75) is 11.3 Å². The molecule has 1 aromatic carbocycles. The van der Waals surface area contributed by atoms with Gasteiger partial charge in [0.2, 0.25) is 11.8 Å². The first kappa shape index (κ1) is 10.7. The van der Waals surface area contributed by atoms with E-state index in [0.717, 1.165) is 15.8 Å². The molecule has 0 saturated carbocycles. The van der Waals surface area contributed by atoms with Gasteiger partial charge in [-0.3, -0.25) is 14.9 Å². The highest BCUT2D eigenvalue weighted by Gasteiger charge is 2.41. The summed E-state index contributed by atoms with van der Waals surface area (Å²) >= 11 is 7.43. The Morgan fingerprint density at radius 3 is 2.82 bits per heavy atom. The Morgan fingerprint density at radius 2 is 2.12 bits per heavy atom. The summed E-state index contributed by atoms with van der Waals surface area (Å²) in [7, 11) is 0. The van der Waals surface area contributed by atoms with E-state index < -0.39 is 17.2 Å². The van der Waals surface area contributed by atoms with Gasteiger partial charge in [-0.15, -0.1) is 22.9 Å². The molecular formula is C11H7ClN2O2S. The fourth-order valence-electron chi connectivity index (χ4n) is 1.94. The summed E-state index contributed by atoms with van der Waals surface area (Å²) in [4.78, 5) is 27.1. The molecule has 1 aliphatic rings. The second-order valence-electron chi connectivity index (χ2n) is 3.81. The van der Waals surface area contributed by atoms with Crippen LogP contribution in [-0.4, -0.2) is 22.2 Å². The van der Waals surface area contributed by atoms with Crippen molar-refractivity contribution in [1.29, 1.82) is 0 Å². The molecule has 2 atom stereocenters. The predicted molar refractivity (Wildman–Crippen MR) is 65.2 cm³/mol. The zero-order valence-corrected chi connectivity index (χ0v) is 10.1. The van der Waals surface area contributed by atoms with Crippen LogP contribution in [0.3, 0.4) is 0 Å². The molecule has 0 bridgehead atoms. The van der Waals surface area contributed by atoms with Crippen molar-refractivity contribution in [3.05, 3.63) is 29.3 Å². The van der Waals surface area contributed by atoms with E-state index in [4.69, 9.17) is 11.6 Å². The zero-order valence-electron chi connectivity index (χ0n) is 8.51. The van der Waals surface area contributed by atoms with Crippen molar-refractivity contribution in [1.82, 2.24) is 10.3 Å². The van der Waals surface area contributed by atoms with Crippen LogP contribution in [-0.2, 0) is 9.59 Å². The largest absolute Gasteiger partial charge is 0.295 e. The number of rotatable bonds is 1. The lowest BCUT2D eigenvalue weighted by Gasteiger charge is -2.09. The molecular weight excluding hydrogens is 260 g/mol. The van der Waals surface area contributed by atoms with E-state index in [0.29, 0.717) is 0 Å². The van der Waals surface area contributed by atoms with E-state index in [1.165, 1.54) is 11.3 Å². The van der Waals surface area contributed by atoms with Crippen LogP contribution in [0, 0.1) is 0 Å². The maximum absolute atomic E-state index is 11.6. The third-order valence-corrected chi connectivity index (χ3v) is 4.03. The van der Waals surface area contributed by atoms with Gasteiger partial charge in [-0.2, -0.15) is 0 Å². The summed E-state index contributed by atoms with van der Waals surface area (Å²) < 4.78 is 0.985. The molecule has 86 valence electrons. The van der Waals surface area contributed by atoms with Crippen molar-refractivity contribution in [2.24, 2.45) is 0 Å². The number of hydrogen-bond donors (Lipinski definition) is 1. The van der Waals surface area contributed by atoms with E-state index in [1.54, 1.807) is 11.6 Å². The molecule has 0 aliphatic carbocycles. The topological polar surface area (TPSA) is 59.1 Å². The van der Waals surface area contributed by atoms with Gasteiger partial charge in [0.1, 0.15) is 5.38 Å². The van der Waals surface area contributed by atoms with Gasteiger partial charge < -0.3 is 0 Å². The Balaban J connectivity index is 2.08. The molecule has 6 heteroatoms. The molecule has 0 spiro atoms. The number of nitrogens with zero attached hydrogens (tertiary/aromatic N) is 1. The predicted octanol–water partition coefficient (Wildman–Crippen LogP) is 1.64. The van der Waals surface area contributed by atoms with Crippen LogP contribution >= 0.6 is 22.9 Å². The third-order valence-electron chi connectivity index (χ3n) is 2.79. The molecule has 3 rings (SSSR count). The van der Waals surface area contributed by atoms with Crippen molar-refractivity contribution in [2.75, 3.05) is 0 Å². The number of amides is 2. The molecule has 17 heavy (non-hydrogen) atoms. The SMILES string of the molecule is O=C1NC(=O)C(c2ccc3ncsc3c2)C1Cl. The maximum Gasteiger partial charge on any atom is 0.245 e. The molecule has 4 nitrogen and oxygen atoms in total. The first-order valence-corrected chi connectivity index (χ1v) is 6.30. The number of carbonyl (C=O) groups excluding carboxylic acids is 2. The summed E-state index contributed by atoms with van der Waals surface area (Å²) in [5.41, 5.74) is 3.38. The smallest absolute Gasteiger partial charge is 0.245 e. The molecule has 1 fully saturated rings. The number of fused-ring (bicyclic) bond motifs is 1. The first-order chi connectivity index (χ1) is 8.16. The van der Waals surface area contributed by atoms with Gasteiger partial charge >= 0.3 is 0 Å². The Kier molecular flexibility index (Phi) is 2.38. The highest BCUT2D eigenvalue weighted by atomic mass is 35.5. The monoisotopic (exact) mass is 266 g/mol. The van der Waals surface area contributed by atoms with Crippen LogP contribution in [0.2, 0.25) is 0 Å². The number of aromatic nitrogens is 1. The van der Waals surface area contributed by atoms with E-state index in [9.17, 15) is 9.59 Å². The highest BCUT2D eigenvalue weighted by molar-refractivity contribution is 7.16. The molecule has 2 heterocycles. The average molecular weight is 267 g/mol. The zero-order chi connectivity index (χ0) is 12.0. The second-order valence-corrected chi connectivity index (χ2v) is 5.17. The van der Waals surface area contributed by atoms with Crippen molar-refractivity contribution in [3.8, 4) is 0 Å². The van der Waals surface area contributed by atoms with Gasteiger partial charge in [0.25, 0.3) is 0 Å². The first-order valence-electron chi connectivity index (χ1n) is 4.99. The number of carbonyl (C=O) groups is 2. The van der Waals surface area contributed by atoms with E-state index >= 15 is 0 Å². The Hall–Kier alpha value is -1.46. The minimum atomic E-state index is -0.826. The van der Waals surface area contributed by atoms with Crippen LogP contribution in [0.15, 0.2) is 23.7 Å². The minimum Gasteiger partial charge on any atom is -0.295 e. The lowest BCUT2D eigenvalue weighted by Crippen LogP contribution is -2.22. The fraction of sp³-hybridized carbons (Fsp3) is 0.182. The molecule has 2 amide bonds. The van der Waals surface area contributed by atoms with Crippen LogP contribution in [0.4, 0.5) is 0 Å². The Bertz CT molecular complexity index is 625. The second kappa shape index (κ2) is 3.78. The van der Waals surface area contributed by atoms with Crippen molar-refractivity contribution in [3.63, 3.8) is 0 Å². The molecule has 2 aromatic rings. The maximum atomic E-state index is 11.6. The van der Waals surface area contributed by atoms with Gasteiger partial charge in [0, 0.05) is 0 Å². The van der Waals surface area contributed by atoms with Gasteiger partial charge in [0.05, 0.1) is 21.6 Å². The normalized spacial score (nSPS) is 24.3. The highest BCUT2D eigenvalue weighted by Crippen LogP contribution is 2.31. The summed E-state index contributed by atoms with van der Waals surface area (Å²) in [5.74, 6) is -1.36. The van der Waals surface area contributed by atoms with E-state index in [-0.39, 0.29) is 5.91 Å². The number of halogens is 1. The van der Waals surface area contributed by atoms with E-state index in [1.807, 2.05) is 12.1 Å². The Morgan fingerprint density at radius 1 is 1.29 bits per heavy atom. The van der Waals surface area contributed by atoms with Crippen LogP contribution in [0.5, 0.6) is 0 Å². The summed E-state index contributed by atoms with van der Waals surface area (Å²) in [6.07, 6.45) is 0. The summed E-state index contributed by atoms with van der Waals surface area (Å²) in [5, 5.41) is 1.41. The number of hydrogen-bond acceptors (Lipinski definition) is 4. The molecule has 1 aromatic heterocycles. The summed E-state index contributed by atoms with van der Waals surface area (Å²) in [6.45, 7) is 0. The molecule has 0 radical (unpaired) electrons. The van der Waals surface area contributed by atoms with Gasteiger partial charge in [-0.1, -0.05) is 6.07 Å². The lowest BCUT2D eigenvalue weighted by atomic mass is 9.97. The number of nitrogens with one attached hydrogen (secondary N) is 1. The van der Waals surface area contributed by atoms with Crippen molar-refractivity contribution < 1.29 is 9.59 Å². The van der Waals surface area contributed by atoms with Crippen molar-refractivity contribution >= 4 is 45.0 Å². The third kappa shape index (κ3) is 1.62. The van der Waals surface area contributed by atoms with Crippen LogP contribution in [0.1, 0.15) is 11.5 Å². The van der Waals surface area contributed by atoms with Gasteiger partial charge in [-0.05, 0) is 17.7 Å². The molecule has 1 N–H and O–H groups in total. The lowest BCUT2D eigenvalue weighted by molar-refractivity contribution is -0.125.